The van der Waals surface area contributed by atoms with Crippen molar-refractivity contribution in [1.29, 1.82) is 0 Å². The molecule has 2 rings (SSSR count). The van der Waals surface area contributed by atoms with Crippen LogP contribution in [0.15, 0.2) is 43.0 Å². The Morgan fingerprint density at radius 1 is 1.35 bits per heavy atom. The molecule has 0 aliphatic carbocycles. The second-order valence-electron chi connectivity index (χ2n) is 3.34. The topological polar surface area (TPSA) is 70.4 Å². The molecule has 0 bridgehead atoms. The smallest absolute Gasteiger partial charge is 0.327 e. The number of nitrogens with zero attached hydrogens (tertiary/aromatic N) is 1. The van der Waals surface area contributed by atoms with Gasteiger partial charge in [-0.15, -0.1) is 0 Å². The van der Waals surface area contributed by atoms with Gasteiger partial charge in [0.05, 0.1) is 0 Å². The van der Waals surface area contributed by atoms with Gasteiger partial charge in [-0.2, -0.15) is 0 Å². The first-order chi connectivity index (χ1) is 8.04. The molecule has 1 aromatic heterocycles. The molecular weight excluding hydrogens is 218 g/mol. The number of rotatable bonds is 1. The zero-order valence-corrected chi connectivity index (χ0v) is 9.42. The number of para-hydroxylation sites is 1. The predicted octanol–water partition coefficient (Wildman–Crippen LogP) is 2.51. The Kier molecular flexibility index (Phi) is 4.22. The van der Waals surface area contributed by atoms with E-state index in [1.807, 2.05) is 31.2 Å². The molecule has 0 atom stereocenters. The van der Waals surface area contributed by atoms with Crippen LogP contribution in [-0.4, -0.2) is 21.2 Å². The van der Waals surface area contributed by atoms with E-state index in [-0.39, 0.29) is 5.75 Å². The number of carbonyl (C=O) groups is 1. The second kappa shape index (κ2) is 5.65. The first-order valence-electron chi connectivity index (χ1n) is 4.95. The molecule has 1 aromatic carbocycles. The van der Waals surface area contributed by atoms with Crippen molar-refractivity contribution < 1.29 is 15.0 Å². The van der Waals surface area contributed by atoms with Crippen LogP contribution in [0.3, 0.4) is 0 Å². The Bertz CT molecular complexity index is 549. The third-order valence-electron chi connectivity index (χ3n) is 2.01. The minimum atomic E-state index is -0.981. The minimum absolute atomic E-state index is 0.246. The van der Waals surface area contributed by atoms with Crippen LogP contribution in [0.5, 0.6) is 5.75 Å². The molecule has 2 aromatic rings. The van der Waals surface area contributed by atoms with Gasteiger partial charge in [-0.3, -0.25) is 0 Å². The molecule has 0 saturated heterocycles. The van der Waals surface area contributed by atoms with E-state index < -0.39 is 5.97 Å². The summed E-state index contributed by atoms with van der Waals surface area (Å²) in [5, 5.41) is 18.0. The molecular formula is C13H13NO3. The Hall–Kier alpha value is -2.36. The van der Waals surface area contributed by atoms with Gasteiger partial charge in [-0.25, -0.2) is 9.78 Å². The minimum Gasteiger partial charge on any atom is -0.506 e. The maximum Gasteiger partial charge on any atom is 0.327 e. The van der Waals surface area contributed by atoms with Gasteiger partial charge in [-0.1, -0.05) is 24.8 Å². The van der Waals surface area contributed by atoms with Gasteiger partial charge in [0.15, 0.2) is 0 Å². The summed E-state index contributed by atoms with van der Waals surface area (Å²) in [5.41, 5.74) is 1.60. The van der Waals surface area contributed by atoms with Crippen LogP contribution in [0, 0.1) is 6.92 Å². The molecule has 1 heterocycles. The van der Waals surface area contributed by atoms with Crippen LogP contribution in [0.25, 0.3) is 10.9 Å². The average Bonchev–Trinajstić information content (AvgIpc) is 2.31. The maximum atomic E-state index is 9.43. The normalized spacial score (nSPS) is 9.24. The van der Waals surface area contributed by atoms with E-state index in [4.69, 9.17) is 5.11 Å². The summed E-state index contributed by atoms with van der Waals surface area (Å²) in [6.45, 7) is 4.87. The maximum absolute atomic E-state index is 9.43. The Morgan fingerprint density at radius 3 is 2.59 bits per heavy atom. The van der Waals surface area contributed by atoms with Crippen LogP contribution in [0.2, 0.25) is 0 Å². The average molecular weight is 231 g/mol. The highest BCUT2D eigenvalue weighted by Crippen LogP contribution is 2.21. The number of aromatic hydroxyl groups is 1. The molecule has 17 heavy (non-hydrogen) atoms. The number of carboxylic acids is 1. The predicted molar refractivity (Wildman–Crippen MR) is 66.0 cm³/mol. The Labute approximate surface area is 98.9 Å². The standard InChI is InChI=1S/C10H9NO.C3H4O2/c1-7-5-6-8-3-2-4-9(12)10(8)11-7;1-2-3(4)5/h2-6,12H,1H3;2H,1H2,(H,4,5). The molecule has 2 N–H and O–H groups in total. The second-order valence-corrected chi connectivity index (χ2v) is 3.34. The van der Waals surface area contributed by atoms with Crippen LogP contribution in [0.4, 0.5) is 0 Å². The van der Waals surface area contributed by atoms with Crippen molar-refractivity contribution in [2.24, 2.45) is 0 Å². The highest BCUT2D eigenvalue weighted by molar-refractivity contribution is 5.84. The van der Waals surface area contributed by atoms with E-state index in [9.17, 15) is 9.90 Å². The van der Waals surface area contributed by atoms with Crippen molar-refractivity contribution in [2.45, 2.75) is 6.92 Å². The van der Waals surface area contributed by atoms with Gasteiger partial charge < -0.3 is 10.2 Å². The summed E-state index contributed by atoms with van der Waals surface area (Å²) in [6, 6.07) is 9.28. The Balaban J connectivity index is 0.000000249. The van der Waals surface area contributed by atoms with E-state index in [0.29, 0.717) is 5.52 Å². The number of aliphatic carboxylic acids is 1. The number of fused-ring (bicyclic) bond motifs is 1. The van der Waals surface area contributed by atoms with Gasteiger partial charge in [0, 0.05) is 17.2 Å². The number of hydrogen-bond donors (Lipinski definition) is 2. The molecule has 0 amide bonds. The molecule has 0 spiro atoms. The van der Waals surface area contributed by atoms with Crippen LogP contribution >= 0.6 is 0 Å². The summed E-state index contributed by atoms with van der Waals surface area (Å²) < 4.78 is 0. The third-order valence-corrected chi connectivity index (χ3v) is 2.01. The van der Waals surface area contributed by atoms with Gasteiger partial charge in [0.25, 0.3) is 0 Å². The molecule has 88 valence electrons. The van der Waals surface area contributed by atoms with E-state index in [2.05, 4.69) is 11.6 Å². The zero-order chi connectivity index (χ0) is 12.8. The van der Waals surface area contributed by atoms with Crippen molar-refractivity contribution in [3.63, 3.8) is 0 Å². The molecule has 0 unspecified atom stereocenters. The lowest BCUT2D eigenvalue weighted by molar-refractivity contribution is -0.131. The lowest BCUT2D eigenvalue weighted by Gasteiger charge is -1.99. The molecule has 4 heteroatoms. The van der Waals surface area contributed by atoms with Crippen molar-refractivity contribution in [1.82, 2.24) is 4.98 Å². The highest BCUT2D eigenvalue weighted by Gasteiger charge is 1.98. The van der Waals surface area contributed by atoms with Gasteiger partial charge in [-0.05, 0) is 19.1 Å². The zero-order valence-electron chi connectivity index (χ0n) is 9.42. The number of pyridine rings is 1. The first-order valence-corrected chi connectivity index (χ1v) is 4.95. The third kappa shape index (κ3) is 3.61. The fraction of sp³-hybridized carbons (Fsp3) is 0.0769. The fourth-order valence-corrected chi connectivity index (χ4v) is 1.23. The van der Waals surface area contributed by atoms with Crippen LogP contribution in [0.1, 0.15) is 5.69 Å². The number of phenols is 1. The summed E-state index contributed by atoms with van der Waals surface area (Å²) in [6.07, 6.45) is 0.833. The quantitative estimate of drug-likeness (QED) is 0.740. The number of benzene rings is 1. The molecule has 0 aliphatic rings. The number of carboxylic acid groups (broad SMARTS) is 1. The van der Waals surface area contributed by atoms with E-state index in [1.54, 1.807) is 6.07 Å². The molecule has 0 saturated carbocycles. The first kappa shape index (κ1) is 12.7. The fourth-order valence-electron chi connectivity index (χ4n) is 1.23. The number of phenolic OH excluding ortho intramolecular Hbond substituents is 1. The summed E-state index contributed by atoms with van der Waals surface area (Å²) in [4.78, 5) is 13.5. The van der Waals surface area contributed by atoms with E-state index in [1.165, 1.54) is 0 Å². The van der Waals surface area contributed by atoms with Crippen molar-refractivity contribution in [3.05, 3.63) is 48.7 Å². The molecule has 0 radical (unpaired) electrons. The van der Waals surface area contributed by atoms with Crippen LogP contribution < -0.4 is 0 Å². The molecule has 0 fully saturated rings. The summed E-state index contributed by atoms with van der Waals surface area (Å²) >= 11 is 0. The molecule has 0 aliphatic heterocycles. The monoisotopic (exact) mass is 231 g/mol. The SMILES string of the molecule is C=CC(=O)O.Cc1ccc2cccc(O)c2n1. The van der Waals surface area contributed by atoms with E-state index >= 15 is 0 Å². The van der Waals surface area contributed by atoms with E-state index in [0.717, 1.165) is 17.2 Å². The van der Waals surface area contributed by atoms with Crippen LogP contribution in [-0.2, 0) is 4.79 Å². The summed E-state index contributed by atoms with van der Waals surface area (Å²) in [7, 11) is 0. The summed E-state index contributed by atoms with van der Waals surface area (Å²) in [5.74, 6) is -0.735. The lowest BCUT2D eigenvalue weighted by Crippen LogP contribution is -1.82. The van der Waals surface area contributed by atoms with Crippen molar-refractivity contribution >= 4 is 16.9 Å². The lowest BCUT2D eigenvalue weighted by atomic mass is 10.2. The van der Waals surface area contributed by atoms with Crippen molar-refractivity contribution in [3.8, 4) is 5.75 Å². The van der Waals surface area contributed by atoms with Gasteiger partial charge in [0.1, 0.15) is 11.3 Å². The van der Waals surface area contributed by atoms with Gasteiger partial charge >= 0.3 is 5.97 Å². The number of hydrogen-bond acceptors (Lipinski definition) is 3. The number of aromatic nitrogens is 1. The largest absolute Gasteiger partial charge is 0.506 e. The molecule has 4 nitrogen and oxygen atoms in total. The van der Waals surface area contributed by atoms with Gasteiger partial charge in [0.2, 0.25) is 0 Å². The van der Waals surface area contributed by atoms with Crippen molar-refractivity contribution in [2.75, 3.05) is 0 Å². The Morgan fingerprint density at radius 2 is 2.00 bits per heavy atom. The number of aryl methyl sites for hydroxylation is 1. The highest BCUT2D eigenvalue weighted by atomic mass is 16.4.